The summed E-state index contributed by atoms with van der Waals surface area (Å²) in [5, 5.41) is 2.53. The smallest absolute Gasteiger partial charge is 0.0966 e. The molecule has 2 aromatic rings. The Morgan fingerprint density at radius 3 is 2.67 bits per heavy atom. The largest absolute Gasteiger partial charge is 0.383 e. The lowest BCUT2D eigenvalue weighted by molar-refractivity contribution is -0.118. The fourth-order valence-electron chi connectivity index (χ4n) is 8.12. The molecule has 3 heterocycles. The Hall–Kier alpha value is -2.05. The first-order valence-corrected chi connectivity index (χ1v) is 15.2. The number of allylic oxidation sites excluding steroid dienone is 1. The van der Waals surface area contributed by atoms with Crippen LogP contribution in [0.3, 0.4) is 0 Å². The average molecular weight is 531 g/mol. The second-order valence-corrected chi connectivity index (χ2v) is 12.5. The van der Waals surface area contributed by atoms with Gasteiger partial charge >= 0.3 is 0 Å². The van der Waals surface area contributed by atoms with E-state index in [1.165, 1.54) is 47.6 Å². The number of methoxy groups -OCH3 is 2. The van der Waals surface area contributed by atoms with E-state index in [1.54, 1.807) is 19.8 Å². The zero-order valence-electron chi connectivity index (χ0n) is 24.2. The van der Waals surface area contributed by atoms with E-state index in [9.17, 15) is 0 Å². The number of hydrogen-bond acceptors (Lipinski definition) is 5. The monoisotopic (exact) mass is 530 g/mol. The lowest BCUT2D eigenvalue weighted by atomic mass is 9.73. The first-order chi connectivity index (χ1) is 19.1. The van der Waals surface area contributed by atoms with E-state index in [0.29, 0.717) is 17.9 Å². The molecular formula is C34H46N2O3. The van der Waals surface area contributed by atoms with E-state index in [0.717, 1.165) is 58.4 Å². The molecule has 1 saturated heterocycles. The molecule has 2 bridgehead atoms. The predicted octanol–water partition coefficient (Wildman–Crippen LogP) is 6.83. The van der Waals surface area contributed by atoms with E-state index in [4.69, 9.17) is 14.2 Å². The summed E-state index contributed by atoms with van der Waals surface area (Å²) in [7, 11) is 3.60. The molecule has 2 aliphatic heterocycles. The molecule has 2 unspecified atom stereocenters. The molecule has 1 aromatic carbocycles. The third kappa shape index (κ3) is 5.12. The molecule has 5 nitrogen and oxygen atoms in total. The number of benzene rings is 1. The zero-order chi connectivity index (χ0) is 26.9. The van der Waals surface area contributed by atoms with Gasteiger partial charge in [-0.25, -0.2) is 0 Å². The number of pyridine rings is 1. The lowest BCUT2D eigenvalue weighted by Gasteiger charge is -2.50. The molecule has 210 valence electrons. The van der Waals surface area contributed by atoms with Crippen molar-refractivity contribution < 1.29 is 14.2 Å². The summed E-state index contributed by atoms with van der Waals surface area (Å²) < 4.78 is 18.4. The zero-order valence-corrected chi connectivity index (χ0v) is 24.2. The van der Waals surface area contributed by atoms with Gasteiger partial charge in [0.25, 0.3) is 0 Å². The normalized spacial score (nSPS) is 33.9. The van der Waals surface area contributed by atoms with Crippen molar-refractivity contribution >= 4 is 10.8 Å². The van der Waals surface area contributed by atoms with Crippen molar-refractivity contribution in [2.24, 2.45) is 5.92 Å². The van der Waals surface area contributed by atoms with Gasteiger partial charge in [-0.1, -0.05) is 31.2 Å². The van der Waals surface area contributed by atoms with Gasteiger partial charge in [0, 0.05) is 51.1 Å². The molecule has 0 radical (unpaired) electrons. The second-order valence-electron chi connectivity index (χ2n) is 12.5. The highest BCUT2D eigenvalue weighted by Crippen LogP contribution is 2.59. The van der Waals surface area contributed by atoms with Crippen molar-refractivity contribution in [3.8, 4) is 0 Å². The summed E-state index contributed by atoms with van der Waals surface area (Å²) in [4.78, 5) is 6.96. The number of fused-ring (bicyclic) bond motifs is 1. The Balaban J connectivity index is 1.23. The summed E-state index contributed by atoms with van der Waals surface area (Å²) in [6, 6.07) is 9.64. The van der Waals surface area contributed by atoms with Gasteiger partial charge < -0.3 is 14.2 Å². The van der Waals surface area contributed by atoms with Gasteiger partial charge in [0.2, 0.25) is 0 Å². The van der Waals surface area contributed by atoms with Crippen LogP contribution in [0.4, 0.5) is 0 Å². The molecule has 1 saturated carbocycles. The highest BCUT2D eigenvalue weighted by atomic mass is 16.5. The Bertz CT molecular complexity index is 1220. The van der Waals surface area contributed by atoms with Crippen LogP contribution in [-0.4, -0.2) is 67.7 Å². The Morgan fingerprint density at radius 1 is 1.00 bits per heavy atom. The van der Waals surface area contributed by atoms with E-state index >= 15 is 0 Å². The SMILES string of the molecule is COCCN(CCOC)C1CCC2=C/C3=C/CCC(c4ccc5ccncc5c4)CC[C@H](C)[C@@]34CC[C@]2(C1)O4. The quantitative estimate of drug-likeness (QED) is 0.374. The van der Waals surface area contributed by atoms with Crippen LogP contribution in [0.2, 0.25) is 0 Å². The maximum absolute atomic E-state index is 7.44. The molecule has 5 heteroatoms. The van der Waals surface area contributed by atoms with Crippen molar-refractivity contribution in [1.29, 1.82) is 0 Å². The van der Waals surface area contributed by atoms with Crippen LogP contribution in [-0.2, 0) is 14.2 Å². The van der Waals surface area contributed by atoms with E-state index < -0.39 is 0 Å². The Kier molecular flexibility index (Phi) is 7.96. The predicted molar refractivity (Wildman–Crippen MR) is 157 cm³/mol. The summed E-state index contributed by atoms with van der Waals surface area (Å²) in [6.45, 7) is 5.90. The van der Waals surface area contributed by atoms with Crippen molar-refractivity contribution in [3.63, 3.8) is 0 Å². The molecule has 6 rings (SSSR count). The minimum Gasteiger partial charge on any atom is -0.383 e. The van der Waals surface area contributed by atoms with Crippen molar-refractivity contribution in [2.45, 2.75) is 87.9 Å². The highest BCUT2D eigenvalue weighted by molar-refractivity contribution is 5.82. The third-order valence-corrected chi connectivity index (χ3v) is 10.4. The maximum Gasteiger partial charge on any atom is 0.0966 e. The van der Waals surface area contributed by atoms with Gasteiger partial charge in [-0.3, -0.25) is 9.88 Å². The van der Waals surface area contributed by atoms with Crippen LogP contribution in [0.1, 0.15) is 76.2 Å². The highest BCUT2D eigenvalue weighted by Gasteiger charge is 2.59. The van der Waals surface area contributed by atoms with E-state index in [2.05, 4.69) is 53.2 Å². The van der Waals surface area contributed by atoms with Crippen molar-refractivity contribution in [2.75, 3.05) is 40.5 Å². The van der Waals surface area contributed by atoms with Gasteiger partial charge in [0.15, 0.2) is 0 Å². The van der Waals surface area contributed by atoms with Crippen LogP contribution in [0.15, 0.2) is 60.0 Å². The average Bonchev–Trinajstić information content (AvgIpc) is 3.31. The van der Waals surface area contributed by atoms with Crippen LogP contribution < -0.4 is 0 Å². The van der Waals surface area contributed by atoms with Crippen LogP contribution in [0.25, 0.3) is 10.8 Å². The van der Waals surface area contributed by atoms with Gasteiger partial charge in [0.1, 0.15) is 0 Å². The fourth-order valence-corrected chi connectivity index (χ4v) is 8.12. The Labute approximate surface area is 234 Å². The van der Waals surface area contributed by atoms with E-state index in [1.807, 2.05) is 12.4 Å². The van der Waals surface area contributed by atoms with Crippen LogP contribution in [0, 0.1) is 5.92 Å². The molecule has 2 spiro atoms. The molecule has 2 aliphatic carbocycles. The molecule has 0 amide bonds. The van der Waals surface area contributed by atoms with Gasteiger partial charge in [0.05, 0.1) is 24.4 Å². The minimum absolute atomic E-state index is 0.0916. The number of ether oxygens (including phenoxy) is 3. The molecule has 39 heavy (non-hydrogen) atoms. The number of aromatic nitrogens is 1. The van der Waals surface area contributed by atoms with Gasteiger partial charge in [-0.05, 0) is 104 Å². The van der Waals surface area contributed by atoms with Crippen molar-refractivity contribution in [3.05, 3.63) is 65.5 Å². The molecule has 1 aromatic heterocycles. The van der Waals surface area contributed by atoms with Crippen molar-refractivity contribution in [1.82, 2.24) is 9.88 Å². The fraction of sp³-hybridized carbons (Fsp3) is 0.618. The summed E-state index contributed by atoms with van der Waals surface area (Å²) >= 11 is 0. The second kappa shape index (κ2) is 11.4. The standard InChI is InChI=1S/C34H46N2O3/c1-25-7-8-26(28-10-9-27-13-16-35-24-29(27)21-28)5-4-6-31-22-30-11-12-32(36(17-19-37-2)18-20-38-3)23-33(30)14-15-34(25,31)39-33/h6,9-10,13,16,21-22,24-26,32H,4-5,7-8,11-12,14-15,17-20,23H2,1-3H3/b31-6-/t25-,26?,32?,33+,34-/m0/s1. The summed E-state index contributed by atoms with van der Waals surface area (Å²) in [5.41, 5.74) is 4.29. The first-order valence-electron chi connectivity index (χ1n) is 15.2. The van der Waals surface area contributed by atoms with Crippen LogP contribution in [0.5, 0.6) is 0 Å². The lowest BCUT2D eigenvalue weighted by Crippen LogP contribution is -2.52. The molecule has 2 fully saturated rings. The van der Waals surface area contributed by atoms with Crippen LogP contribution >= 0.6 is 0 Å². The number of nitrogens with zero attached hydrogens (tertiary/aromatic N) is 2. The van der Waals surface area contributed by atoms with Gasteiger partial charge in [-0.2, -0.15) is 0 Å². The molecular weight excluding hydrogens is 484 g/mol. The number of rotatable bonds is 8. The molecule has 0 N–H and O–H groups in total. The first kappa shape index (κ1) is 27.1. The van der Waals surface area contributed by atoms with Gasteiger partial charge in [-0.15, -0.1) is 0 Å². The molecule has 5 atom stereocenters. The summed E-state index contributed by atoms with van der Waals surface area (Å²) in [6.07, 6.45) is 19.5. The molecule has 4 aliphatic rings. The maximum atomic E-state index is 7.44. The minimum atomic E-state index is -0.128. The van der Waals surface area contributed by atoms with E-state index in [-0.39, 0.29) is 11.2 Å². The topological polar surface area (TPSA) is 43.8 Å². The Morgan fingerprint density at radius 2 is 1.85 bits per heavy atom. The third-order valence-electron chi connectivity index (χ3n) is 10.4. The summed E-state index contributed by atoms with van der Waals surface area (Å²) in [5.74, 6) is 1.08. The number of hydrogen-bond donors (Lipinski definition) is 0.